The van der Waals surface area contributed by atoms with E-state index in [1.165, 1.54) is 12.1 Å². The fourth-order valence-corrected chi connectivity index (χ4v) is 2.24. The average Bonchev–Trinajstić information content (AvgIpc) is 3.00. The van der Waals surface area contributed by atoms with E-state index in [4.69, 9.17) is 23.7 Å². The zero-order valence-electron chi connectivity index (χ0n) is 15.0. The Balaban J connectivity index is 0.000000465. The van der Waals surface area contributed by atoms with Crippen LogP contribution in [0, 0.1) is 16.1 Å². The van der Waals surface area contributed by atoms with Crippen molar-refractivity contribution in [1.82, 2.24) is 9.78 Å². The van der Waals surface area contributed by atoms with Gasteiger partial charge in [-0.1, -0.05) is 18.2 Å². The zero-order valence-corrected chi connectivity index (χ0v) is 15.8. The molecule has 0 atom stereocenters. The minimum absolute atomic E-state index is 0.130. The fourth-order valence-electron chi connectivity index (χ4n) is 2.24. The number of hydrogen-bond acceptors (Lipinski definition) is 5. The van der Waals surface area contributed by atoms with Gasteiger partial charge in [-0.2, -0.15) is 4.57 Å². The predicted octanol–water partition coefficient (Wildman–Crippen LogP) is -1.04. The number of hydrogen-bond donors (Lipinski definition) is 0. The third-order valence-corrected chi connectivity index (χ3v) is 3.48. The number of rotatable bonds is 2. The van der Waals surface area contributed by atoms with Crippen LogP contribution in [0.4, 0.5) is 4.39 Å². The first-order valence-corrected chi connectivity index (χ1v) is 9.13. The van der Waals surface area contributed by atoms with Crippen LogP contribution in [0.15, 0.2) is 60.9 Å². The quantitative estimate of drug-likeness (QED) is 0.514. The van der Waals surface area contributed by atoms with E-state index in [1.807, 2.05) is 45.9 Å². The van der Waals surface area contributed by atoms with Crippen LogP contribution in [0.3, 0.4) is 0 Å². The van der Waals surface area contributed by atoms with Crippen LogP contribution in [0.1, 0.15) is 20.8 Å². The molecule has 144 valence electrons. The van der Waals surface area contributed by atoms with Crippen LogP contribution in [-0.4, -0.2) is 9.78 Å². The fraction of sp³-hybridized carbons (Fsp3) is 0.222. The Morgan fingerprint density at radius 1 is 0.926 bits per heavy atom. The largest absolute Gasteiger partial charge is 0.313 e. The molecular weight excluding hydrogens is 377 g/mol. The van der Waals surface area contributed by atoms with Gasteiger partial charge in [0.2, 0.25) is 6.33 Å². The Morgan fingerprint density at radius 3 is 1.93 bits per heavy atom. The van der Waals surface area contributed by atoms with Crippen molar-refractivity contribution in [2.75, 3.05) is 0 Å². The lowest BCUT2D eigenvalue weighted by atomic mass is 10.1. The normalized spacial score (nSPS) is 11.7. The van der Waals surface area contributed by atoms with Crippen LogP contribution in [0.25, 0.3) is 17.1 Å². The van der Waals surface area contributed by atoms with E-state index in [0.717, 1.165) is 17.1 Å². The van der Waals surface area contributed by atoms with Crippen LogP contribution in [0.5, 0.6) is 0 Å². The maximum Gasteiger partial charge on any atom is 0.313 e. The van der Waals surface area contributed by atoms with Crippen molar-refractivity contribution in [3.63, 3.8) is 0 Å². The highest BCUT2D eigenvalue weighted by Gasteiger charge is 2.27. The summed E-state index contributed by atoms with van der Waals surface area (Å²) in [6, 6.07) is 16.4. The molecule has 0 bridgehead atoms. The first kappa shape index (κ1) is 20.9. The molecule has 0 radical (unpaired) electrons. The topological polar surface area (TPSA) is 114 Å². The van der Waals surface area contributed by atoms with E-state index in [0.29, 0.717) is 0 Å². The summed E-state index contributed by atoms with van der Waals surface area (Å²) in [5.74, 6) is 0.593. The molecule has 0 aliphatic rings. The van der Waals surface area contributed by atoms with Crippen molar-refractivity contribution >= 4 is 0 Å². The second kappa shape index (κ2) is 8.12. The summed E-state index contributed by atoms with van der Waals surface area (Å²) < 4.78 is 51.1. The molecule has 0 spiro atoms. The van der Waals surface area contributed by atoms with Gasteiger partial charge in [0.05, 0.1) is 5.56 Å². The smallest absolute Gasteiger partial charge is 0.222 e. The maximum absolute atomic E-state index is 13.2. The van der Waals surface area contributed by atoms with Crippen molar-refractivity contribution in [3.05, 3.63) is 66.7 Å². The second-order valence-electron chi connectivity index (χ2n) is 6.64. The van der Waals surface area contributed by atoms with Gasteiger partial charge in [0.25, 0.3) is 0 Å². The van der Waals surface area contributed by atoms with E-state index in [9.17, 15) is 4.39 Å². The van der Waals surface area contributed by atoms with Gasteiger partial charge >= 0.3 is 5.82 Å². The van der Waals surface area contributed by atoms with E-state index in [-0.39, 0.29) is 11.4 Å². The summed E-state index contributed by atoms with van der Waals surface area (Å²) >= 11 is 0. The lowest BCUT2D eigenvalue weighted by Crippen LogP contribution is -2.68. The van der Waals surface area contributed by atoms with Crippen molar-refractivity contribution in [2.45, 2.75) is 26.3 Å². The Bertz CT molecular complexity index is 866. The highest BCUT2D eigenvalue weighted by Crippen LogP contribution is 2.18. The van der Waals surface area contributed by atoms with Crippen LogP contribution >= 0.6 is 0 Å². The SMILES string of the molecule is CC(C)(C)n1c[n+](-c2ccc(F)cc2)c(-c2ccccc2)n1.[O-][Cl+3]([O-])([O-])[O-]. The summed E-state index contributed by atoms with van der Waals surface area (Å²) in [5, 5.41) is 4.74. The van der Waals surface area contributed by atoms with Gasteiger partial charge in [0, 0.05) is 5.10 Å². The molecule has 0 saturated heterocycles. The summed E-state index contributed by atoms with van der Waals surface area (Å²) in [6.07, 6.45) is 1.95. The van der Waals surface area contributed by atoms with Crippen LogP contribution < -0.4 is 23.2 Å². The van der Waals surface area contributed by atoms with Gasteiger partial charge in [-0.3, -0.25) is 0 Å². The van der Waals surface area contributed by atoms with Crippen LogP contribution in [0.2, 0.25) is 0 Å². The molecule has 0 aliphatic carbocycles. The van der Waals surface area contributed by atoms with Gasteiger partial charge in [0.1, 0.15) is 17.0 Å². The number of aromatic nitrogens is 3. The standard InChI is InChI=1S/C18H19FN3.ClHO4/c1-18(2,3)22-13-21(16-11-9-15(19)10-12-16)17(20-22)14-7-5-4-6-8-14;2-1(3,4)5/h4-13H,1-3H3;(H,2,3,4,5)/q+1;/p-1. The minimum atomic E-state index is -4.94. The molecule has 7 nitrogen and oxygen atoms in total. The first-order chi connectivity index (χ1) is 12.4. The molecule has 0 saturated carbocycles. The van der Waals surface area contributed by atoms with Gasteiger partial charge in [-0.25, -0.2) is 23.0 Å². The molecule has 1 aromatic heterocycles. The van der Waals surface area contributed by atoms with E-state index in [1.54, 1.807) is 12.1 Å². The summed E-state index contributed by atoms with van der Waals surface area (Å²) in [4.78, 5) is 0. The van der Waals surface area contributed by atoms with Gasteiger partial charge < -0.3 is 0 Å². The summed E-state index contributed by atoms with van der Waals surface area (Å²) in [5.41, 5.74) is 1.78. The van der Waals surface area contributed by atoms with Crippen molar-refractivity contribution in [3.8, 4) is 17.1 Å². The lowest BCUT2D eigenvalue weighted by molar-refractivity contribution is -2.00. The monoisotopic (exact) mass is 395 g/mol. The molecule has 3 aromatic rings. The number of nitrogens with zero attached hydrogens (tertiary/aromatic N) is 3. The van der Waals surface area contributed by atoms with Gasteiger partial charge in [0.15, 0.2) is 0 Å². The highest BCUT2D eigenvalue weighted by atomic mass is 35.7. The highest BCUT2D eigenvalue weighted by molar-refractivity contribution is 5.51. The Hall–Kier alpha value is -2.36. The molecule has 27 heavy (non-hydrogen) atoms. The van der Waals surface area contributed by atoms with Crippen molar-refractivity contribution in [1.29, 1.82) is 0 Å². The van der Waals surface area contributed by atoms with Crippen LogP contribution in [-0.2, 0) is 5.54 Å². The second-order valence-corrected chi connectivity index (χ2v) is 7.40. The van der Waals surface area contributed by atoms with Crippen molar-refractivity contribution < 1.29 is 37.8 Å². The van der Waals surface area contributed by atoms with E-state index < -0.39 is 10.2 Å². The molecule has 0 unspecified atom stereocenters. The molecule has 1 heterocycles. The first-order valence-electron chi connectivity index (χ1n) is 7.90. The zero-order chi connectivity index (χ0) is 20.2. The summed E-state index contributed by atoms with van der Waals surface area (Å²) in [6.45, 7) is 6.30. The lowest BCUT2D eigenvalue weighted by Gasteiger charge is -2.17. The molecule has 3 rings (SSSR count). The predicted molar refractivity (Wildman–Crippen MR) is 84.1 cm³/mol. The minimum Gasteiger partial charge on any atom is -0.222 e. The number of halogens is 2. The maximum atomic E-state index is 13.2. The molecule has 0 fully saturated rings. The molecule has 0 aliphatic heterocycles. The average molecular weight is 396 g/mol. The summed E-state index contributed by atoms with van der Waals surface area (Å²) in [7, 11) is -4.94. The third kappa shape index (κ3) is 6.38. The van der Waals surface area contributed by atoms with Gasteiger partial charge in [-0.05, 0) is 57.2 Å². The van der Waals surface area contributed by atoms with E-state index >= 15 is 0 Å². The molecule has 9 heteroatoms. The Kier molecular flexibility index (Phi) is 6.30. The molecular formula is C18H19ClFN3O4. The Labute approximate surface area is 158 Å². The Morgan fingerprint density at radius 2 is 1.44 bits per heavy atom. The number of benzene rings is 2. The van der Waals surface area contributed by atoms with E-state index in [2.05, 4.69) is 20.8 Å². The molecule has 0 N–H and O–H groups in total. The van der Waals surface area contributed by atoms with Gasteiger partial charge in [-0.15, -0.1) is 14.9 Å². The van der Waals surface area contributed by atoms with Crippen molar-refractivity contribution in [2.24, 2.45) is 0 Å². The third-order valence-electron chi connectivity index (χ3n) is 3.48. The molecule has 0 amide bonds. The molecule has 2 aromatic carbocycles.